The number of hydrogen-bond donors (Lipinski definition) is 2. The molecular weight excluding hydrogens is 603 g/mol. The van der Waals surface area contributed by atoms with E-state index in [1.54, 1.807) is 24.3 Å². The molecule has 1 atom stereocenters. The Kier molecular flexibility index (Phi) is 10.2. The molecule has 0 radical (unpaired) electrons. The SMILES string of the molecule is COc1cc2sc(C(=O)C[C@H](C)C(=O)O)cc2cc1OCCCOc1c(OC)cc2sc(C(=O)CCC(=O)O)cc2c1F. The number of Topliss-reactive ketones (excluding diaryl/α,β-unsaturated/α-hetero) is 2. The first-order valence-electron chi connectivity index (χ1n) is 13.2. The van der Waals surface area contributed by atoms with Crippen LogP contribution in [0.5, 0.6) is 23.0 Å². The van der Waals surface area contributed by atoms with Gasteiger partial charge in [-0.25, -0.2) is 4.39 Å². The number of thiophene rings is 2. The maximum Gasteiger partial charge on any atom is 0.306 e. The summed E-state index contributed by atoms with van der Waals surface area (Å²) in [6.45, 7) is 1.76. The Morgan fingerprint density at radius 2 is 1.47 bits per heavy atom. The molecule has 2 N–H and O–H groups in total. The van der Waals surface area contributed by atoms with E-state index in [2.05, 4.69) is 0 Å². The Bertz CT molecular complexity index is 1690. The van der Waals surface area contributed by atoms with Gasteiger partial charge in [-0.15, -0.1) is 22.7 Å². The lowest BCUT2D eigenvalue weighted by atomic mass is 10.0. The average molecular weight is 633 g/mol. The van der Waals surface area contributed by atoms with Crippen molar-refractivity contribution in [1.82, 2.24) is 0 Å². The van der Waals surface area contributed by atoms with Crippen molar-refractivity contribution < 1.29 is 52.7 Å². The quantitative estimate of drug-likeness (QED) is 0.104. The van der Waals surface area contributed by atoms with Gasteiger partial charge < -0.3 is 29.2 Å². The van der Waals surface area contributed by atoms with Gasteiger partial charge in [0.05, 0.1) is 49.5 Å². The fourth-order valence-corrected chi connectivity index (χ4v) is 6.28. The Hall–Kier alpha value is -4.23. The van der Waals surface area contributed by atoms with Crippen LogP contribution in [0.2, 0.25) is 0 Å². The van der Waals surface area contributed by atoms with Crippen molar-refractivity contribution in [3.63, 3.8) is 0 Å². The minimum atomic E-state index is -1.09. The summed E-state index contributed by atoms with van der Waals surface area (Å²) in [6.07, 6.45) is -0.221. The van der Waals surface area contributed by atoms with Crippen molar-refractivity contribution in [3.8, 4) is 23.0 Å². The molecule has 0 saturated heterocycles. The number of carbonyl (C=O) groups excluding carboxylic acids is 2. The second-order valence-electron chi connectivity index (χ2n) is 9.63. The van der Waals surface area contributed by atoms with E-state index in [4.69, 9.17) is 29.2 Å². The monoisotopic (exact) mass is 632 g/mol. The molecule has 228 valence electrons. The number of hydrogen-bond acceptors (Lipinski definition) is 10. The molecule has 43 heavy (non-hydrogen) atoms. The Labute approximate surface area is 253 Å². The van der Waals surface area contributed by atoms with Crippen LogP contribution in [0.15, 0.2) is 30.3 Å². The number of carboxylic acid groups (broad SMARTS) is 2. The highest BCUT2D eigenvalue weighted by molar-refractivity contribution is 7.21. The molecule has 0 aliphatic carbocycles. The van der Waals surface area contributed by atoms with Gasteiger partial charge in [0.25, 0.3) is 0 Å². The zero-order chi connectivity index (χ0) is 31.3. The fraction of sp³-hybridized carbons (Fsp3) is 0.333. The van der Waals surface area contributed by atoms with Gasteiger partial charge in [0.15, 0.2) is 40.4 Å². The molecule has 0 unspecified atom stereocenters. The minimum absolute atomic E-state index is 0.0801. The van der Waals surface area contributed by atoms with Crippen LogP contribution in [-0.2, 0) is 9.59 Å². The van der Waals surface area contributed by atoms with Crippen LogP contribution < -0.4 is 18.9 Å². The highest BCUT2D eigenvalue weighted by Gasteiger charge is 2.22. The second kappa shape index (κ2) is 13.8. The lowest BCUT2D eigenvalue weighted by molar-refractivity contribution is -0.141. The third kappa shape index (κ3) is 7.41. The summed E-state index contributed by atoms with van der Waals surface area (Å²) in [7, 11) is 2.87. The maximum absolute atomic E-state index is 15.4. The predicted octanol–water partition coefficient (Wildman–Crippen LogP) is 6.46. The van der Waals surface area contributed by atoms with Crippen molar-refractivity contribution >= 4 is 66.4 Å². The molecule has 2 aromatic heterocycles. The van der Waals surface area contributed by atoms with Gasteiger partial charge in [0.1, 0.15) is 0 Å². The molecule has 0 saturated carbocycles. The van der Waals surface area contributed by atoms with E-state index in [9.17, 15) is 19.2 Å². The van der Waals surface area contributed by atoms with Crippen LogP contribution in [0.1, 0.15) is 52.0 Å². The summed E-state index contributed by atoms with van der Waals surface area (Å²) in [6, 6.07) is 8.16. The third-order valence-corrected chi connectivity index (χ3v) is 8.79. The summed E-state index contributed by atoms with van der Waals surface area (Å²) in [5, 5.41) is 18.9. The molecule has 0 aliphatic heterocycles. The lowest BCUT2D eigenvalue weighted by Gasteiger charge is -2.13. The highest BCUT2D eigenvalue weighted by atomic mass is 32.1. The van der Waals surface area contributed by atoms with Gasteiger partial charge in [0, 0.05) is 46.2 Å². The molecule has 0 fully saturated rings. The van der Waals surface area contributed by atoms with E-state index in [1.165, 1.54) is 38.5 Å². The van der Waals surface area contributed by atoms with E-state index < -0.39 is 23.7 Å². The van der Waals surface area contributed by atoms with Gasteiger partial charge in [-0.1, -0.05) is 6.92 Å². The van der Waals surface area contributed by atoms with Crippen LogP contribution in [0.3, 0.4) is 0 Å². The number of ketones is 2. The van der Waals surface area contributed by atoms with Crippen LogP contribution in [0.25, 0.3) is 20.2 Å². The number of ether oxygens (including phenoxy) is 4. The second-order valence-corrected chi connectivity index (χ2v) is 11.8. The number of methoxy groups -OCH3 is 2. The first-order valence-corrected chi connectivity index (χ1v) is 14.8. The Balaban J connectivity index is 1.40. The molecular formula is C30H29FO10S2. The zero-order valence-corrected chi connectivity index (χ0v) is 25.2. The summed E-state index contributed by atoms with van der Waals surface area (Å²) < 4.78 is 39.0. The van der Waals surface area contributed by atoms with E-state index >= 15 is 4.39 Å². The van der Waals surface area contributed by atoms with Gasteiger partial charge in [-0.3, -0.25) is 19.2 Å². The summed E-state index contributed by atoms with van der Waals surface area (Å²) >= 11 is 2.31. The first-order chi connectivity index (χ1) is 20.5. The lowest BCUT2D eigenvalue weighted by Crippen LogP contribution is -2.13. The molecule has 0 aliphatic rings. The van der Waals surface area contributed by atoms with Crippen molar-refractivity contribution in [1.29, 1.82) is 0 Å². The number of carboxylic acids is 2. The minimum Gasteiger partial charge on any atom is -0.493 e. The summed E-state index contributed by atoms with van der Waals surface area (Å²) in [4.78, 5) is 47.5. The van der Waals surface area contributed by atoms with Gasteiger partial charge >= 0.3 is 11.9 Å². The molecule has 13 heteroatoms. The van der Waals surface area contributed by atoms with Crippen LogP contribution >= 0.6 is 22.7 Å². The van der Waals surface area contributed by atoms with Crippen molar-refractivity contribution in [3.05, 3.63) is 45.9 Å². The Morgan fingerprint density at radius 3 is 2.14 bits per heavy atom. The van der Waals surface area contributed by atoms with Crippen molar-refractivity contribution in [2.75, 3.05) is 27.4 Å². The molecule has 0 bridgehead atoms. The van der Waals surface area contributed by atoms with Crippen molar-refractivity contribution in [2.24, 2.45) is 5.92 Å². The molecule has 4 aromatic rings. The number of carbonyl (C=O) groups is 4. The van der Waals surface area contributed by atoms with Gasteiger partial charge in [0.2, 0.25) is 0 Å². The van der Waals surface area contributed by atoms with Crippen molar-refractivity contribution in [2.45, 2.75) is 32.6 Å². The number of benzene rings is 2. The molecule has 2 heterocycles. The summed E-state index contributed by atoms with van der Waals surface area (Å²) in [5.74, 6) is -3.27. The van der Waals surface area contributed by atoms with E-state index in [0.717, 1.165) is 21.4 Å². The average Bonchev–Trinajstić information content (AvgIpc) is 3.60. The number of rotatable bonds is 16. The van der Waals surface area contributed by atoms with Gasteiger partial charge in [-0.05, 0) is 23.6 Å². The Morgan fingerprint density at radius 1 is 0.814 bits per heavy atom. The molecule has 0 amide bonds. The number of fused-ring (bicyclic) bond motifs is 2. The summed E-state index contributed by atoms with van der Waals surface area (Å²) in [5.41, 5.74) is 0. The highest BCUT2D eigenvalue weighted by Crippen LogP contribution is 2.41. The van der Waals surface area contributed by atoms with Crippen LogP contribution in [0.4, 0.5) is 4.39 Å². The largest absolute Gasteiger partial charge is 0.493 e. The van der Waals surface area contributed by atoms with E-state index in [1.807, 2.05) is 0 Å². The third-order valence-electron chi connectivity index (χ3n) is 6.53. The molecule has 2 aromatic carbocycles. The molecule has 0 spiro atoms. The van der Waals surface area contributed by atoms with E-state index in [-0.39, 0.29) is 65.8 Å². The number of halogens is 1. The van der Waals surface area contributed by atoms with E-state index in [0.29, 0.717) is 27.5 Å². The maximum atomic E-state index is 15.4. The fourth-order valence-electron chi connectivity index (χ4n) is 4.20. The van der Waals surface area contributed by atoms with Crippen LogP contribution in [0, 0.1) is 11.7 Å². The van der Waals surface area contributed by atoms with Crippen LogP contribution in [-0.4, -0.2) is 61.2 Å². The molecule has 4 rings (SSSR count). The molecule has 10 nitrogen and oxygen atoms in total. The smallest absolute Gasteiger partial charge is 0.306 e. The van der Waals surface area contributed by atoms with Gasteiger partial charge in [-0.2, -0.15) is 0 Å². The standard InChI is InChI=1S/C30H29FO10S2/c1-15(30(36)37)9-19(33)25-11-16-10-21(20(38-2)13-23(16)42-25)40-7-4-8-41-29-22(39-3)14-24-17(28(29)31)12-26(43-24)18(32)5-6-27(34)35/h10-15H,4-9H2,1-3H3,(H,34,35)(H,36,37)/t15-/m0/s1. The number of aliphatic carboxylic acids is 2. The topological polar surface area (TPSA) is 146 Å². The predicted molar refractivity (Wildman–Crippen MR) is 159 cm³/mol. The normalized spacial score (nSPS) is 11.8. The zero-order valence-electron chi connectivity index (χ0n) is 23.6. The first kappa shape index (κ1) is 31.7.